The van der Waals surface area contributed by atoms with E-state index in [1.165, 1.54) is 12.8 Å². The summed E-state index contributed by atoms with van der Waals surface area (Å²) in [5.41, 5.74) is 5.74. The van der Waals surface area contributed by atoms with Crippen LogP contribution < -0.4 is 5.73 Å². The lowest BCUT2D eigenvalue weighted by atomic mass is 10.2. The molecule has 0 aromatic carbocycles. The fourth-order valence-electron chi connectivity index (χ4n) is 1.98. The van der Waals surface area contributed by atoms with Crippen LogP contribution in [0, 0.1) is 0 Å². The molecule has 1 saturated heterocycles. The molecule has 0 saturated carbocycles. The number of hydrogen-bond donors (Lipinski definition) is 1. The van der Waals surface area contributed by atoms with Gasteiger partial charge in [0.2, 0.25) is 0 Å². The van der Waals surface area contributed by atoms with Crippen LogP contribution in [-0.2, 0) is 0 Å². The fraction of sp³-hybridized carbons (Fsp3) is 0.600. The van der Waals surface area contributed by atoms with E-state index in [-0.39, 0.29) is 6.04 Å². The van der Waals surface area contributed by atoms with Crippen molar-refractivity contribution in [2.24, 2.45) is 5.73 Å². The number of furan rings is 1. The summed E-state index contributed by atoms with van der Waals surface area (Å²) in [7, 11) is 0. The molecule has 0 radical (unpaired) electrons. The zero-order chi connectivity index (χ0) is 9.10. The Morgan fingerprint density at radius 3 is 2.77 bits per heavy atom. The topological polar surface area (TPSA) is 42.4 Å². The summed E-state index contributed by atoms with van der Waals surface area (Å²) in [5.74, 6) is 1.00. The monoisotopic (exact) mass is 180 g/mol. The SMILES string of the molecule is NCC(c1ccco1)N1CCCC1. The van der Waals surface area contributed by atoms with Crippen LogP contribution in [0.25, 0.3) is 0 Å². The van der Waals surface area contributed by atoms with Crippen molar-refractivity contribution in [1.29, 1.82) is 0 Å². The summed E-state index contributed by atoms with van der Waals surface area (Å²) < 4.78 is 5.38. The standard InChI is InChI=1S/C10H16N2O/c11-8-9(10-4-3-7-13-10)12-5-1-2-6-12/h3-4,7,9H,1-2,5-6,8,11H2. The highest BCUT2D eigenvalue weighted by Crippen LogP contribution is 2.23. The summed E-state index contributed by atoms with van der Waals surface area (Å²) in [6, 6.07) is 4.22. The van der Waals surface area contributed by atoms with Crippen LogP contribution >= 0.6 is 0 Å². The Hall–Kier alpha value is -0.800. The third kappa shape index (κ3) is 1.76. The first-order chi connectivity index (χ1) is 6.42. The lowest BCUT2D eigenvalue weighted by Gasteiger charge is -2.23. The van der Waals surface area contributed by atoms with Crippen molar-refractivity contribution in [3.05, 3.63) is 24.2 Å². The average Bonchev–Trinajstić information content (AvgIpc) is 2.76. The van der Waals surface area contributed by atoms with E-state index < -0.39 is 0 Å². The first-order valence-electron chi connectivity index (χ1n) is 4.89. The molecule has 1 aromatic rings. The third-order valence-electron chi connectivity index (χ3n) is 2.68. The molecular formula is C10H16N2O. The van der Waals surface area contributed by atoms with Gasteiger partial charge in [-0.3, -0.25) is 4.90 Å². The molecule has 3 nitrogen and oxygen atoms in total. The third-order valence-corrected chi connectivity index (χ3v) is 2.68. The molecular weight excluding hydrogens is 164 g/mol. The van der Waals surface area contributed by atoms with E-state index in [2.05, 4.69) is 4.90 Å². The van der Waals surface area contributed by atoms with Gasteiger partial charge < -0.3 is 10.2 Å². The van der Waals surface area contributed by atoms with Crippen LogP contribution in [0.1, 0.15) is 24.6 Å². The van der Waals surface area contributed by atoms with Gasteiger partial charge in [-0.2, -0.15) is 0 Å². The molecule has 1 aromatic heterocycles. The number of hydrogen-bond acceptors (Lipinski definition) is 3. The first-order valence-corrected chi connectivity index (χ1v) is 4.89. The molecule has 2 heterocycles. The van der Waals surface area contributed by atoms with Crippen LogP contribution in [0.4, 0.5) is 0 Å². The predicted molar refractivity (Wildman–Crippen MR) is 51.3 cm³/mol. The van der Waals surface area contributed by atoms with Crippen LogP contribution in [0.5, 0.6) is 0 Å². The van der Waals surface area contributed by atoms with Gasteiger partial charge in [0, 0.05) is 6.54 Å². The Morgan fingerprint density at radius 2 is 2.23 bits per heavy atom. The minimum Gasteiger partial charge on any atom is -0.468 e. The highest BCUT2D eigenvalue weighted by atomic mass is 16.3. The predicted octanol–water partition coefficient (Wildman–Crippen LogP) is 1.38. The molecule has 0 spiro atoms. The molecule has 1 aliphatic heterocycles. The van der Waals surface area contributed by atoms with Gasteiger partial charge in [0.15, 0.2) is 0 Å². The van der Waals surface area contributed by atoms with Gasteiger partial charge in [0.1, 0.15) is 5.76 Å². The Balaban J connectivity index is 2.08. The Bertz CT molecular complexity index is 239. The van der Waals surface area contributed by atoms with Gasteiger partial charge in [-0.15, -0.1) is 0 Å². The zero-order valence-corrected chi connectivity index (χ0v) is 7.78. The smallest absolute Gasteiger partial charge is 0.122 e. The van der Waals surface area contributed by atoms with E-state index in [0.717, 1.165) is 18.8 Å². The number of likely N-dealkylation sites (tertiary alicyclic amines) is 1. The van der Waals surface area contributed by atoms with Crippen LogP contribution in [-0.4, -0.2) is 24.5 Å². The molecule has 72 valence electrons. The van der Waals surface area contributed by atoms with E-state index in [1.54, 1.807) is 6.26 Å². The number of nitrogens with zero attached hydrogens (tertiary/aromatic N) is 1. The minimum atomic E-state index is 0.289. The summed E-state index contributed by atoms with van der Waals surface area (Å²) in [5, 5.41) is 0. The van der Waals surface area contributed by atoms with Gasteiger partial charge in [-0.25, -0.2) is 0 Å². The van der Waals surface area contributed by atoms with Crippen molar-refractivity contribution >= 4 is 0 Å². The maximum absolute atomic E-state index is 5.74. The van der Waals surface area contributed by atoms with Gasteiger partial charge in [0.05, 0.1) is 12.3 Å². The molecule has 0 amide bonds. The number of rotatable bonds is 3. The Morgan fingerprint density at radius 1 is 1.46 bits per heavy atom. The molecule has 1 fully saturated rings. The van der Waals surface area contributed by atoms with Crippen molar-refractivity contribution in [2.75, 3.05) is 19.6 Å². The first kappa shape index (κ1) is 8.78. The van der Waals surface area contributed by atoms with E-state index >= 15 is 0 Å². The largest absolute Gasteiger partial charge is 0.468 e. The second-order valence-electron chi connectivity index (χ2n) is 3.51. The van der Waals surface area contributed by atoms with Gasteiger partial charge in [0.25, 0.3) is 0 Å². The van der Waals surface area contributed by atoms with Crippen LogP contribution in [0.15, 0.2) is 22.8 Å². The van der Waals surface area contributed by atoms with Gasteiger partial charge in [-0.05, 0) is 38.1 Å². The van der Waals surface area contributed by atoms with Gasteiger partial charge >= 0.3 is 0 Å². The molecule has 3 heteroatoms. The maximum Gasteiger partial charge on any atom is 0.122 e. The van der Waals surface area contributed by atoms with Crippen LogP contribution in [0.2, 0.25) is 0 Å². The van der Waals surface area contributed by atoms with Gasteiger partial charge in [-0.1, -0.05) is 0 Å². The van der Waals surface area contributed by atoms with Crippen molar-refractivity contribution in [1.82, 2.24) is 4.90 Å². The normalized spacial score (nSPS) is 20.7. The summed E-state index contributed by atoms with van der Waals surface area (Å²) in [4.78, 5) is 2.40. The molecule has 13 heavy (non-hydrogen) atoms. The summed E-state index contributed by atoms with van der Waals surface area (Å²) >= 11 is 0. The van der Waals surface area contributed by atoms with E-state index in [1.807, 2.05) is 12.1 Å². The molecule has 2 rings (SSSR count). The van der Waals surface area contributed by atoms with E-state index in [9.17, 15) is 0 Å². The second-order valence-corrected chi connectivity index (χ2v) is 3.51. The maximum atomic E-state index is 5.74. The molecule has 0 aliphatic carbocycles. The highest BCUT2D eigenvalue weighted by Gasteiger charge is 2.23. The van der Waals surface area contributed by atoms with Crippen molar-refractivity contribution in [3.8, 4) is 0 Å². The minimum absolute atomic E-state index is 0.289. The zero-order valence-electron chi connectivity index (χ0n) is 7.78. The van der Waals surface area contributed by atoms with Crippen molar-refractivity contribution < 1.29 is 4.42 Å². The molecule has 1 unspecified atom stereocenters. The quantitative estimate of drug-likeness (QED) is 0.764. The molecule has 0 bridgehead atoms. The number of nitrogens with two attached hydrogens (primary N) is 1. The lowest BCUT2D eigenvalue weighted by Crippen LogP contribution is -2.30. The van der Waals surface area contributed by atoms with Crippen molar-refractivity contribution in [2.45, 2.75) is 18.9 Å². The summed E-state index contributed by atoms with van der Waals surface area (Å²) in [6.07, 6.45) is 4.29. The average molecular weight is 180 g/mol. The van der Waals surface area contributed by atoms with Crippen LogP contribution in [0.3, 0.4) is 0 Å². The lowest BCUT2D eigenvalue weighted by molar-refractivity contribution is 0.221. The van der Waals surface area contributed by atoms with E-state index in [4.69, 9.17) is 10.2 Å². The van der Waals surface area contributed by atoms with Crippen molar-refractivity contribution in [3.63, 3.8) is 0 Å². The van der Waals surface area contributed by atoms with E-state index in [0.29, 0.717) is 6.54 Å². The molecule has 2 N–H and O–H groups in total. The Labute approximate surface area is 78.5 Å². The Kier molecular flexibility index (Phi) is 2.66. The molecule has 1 atom stereocenters. The fourth-order valence-corrected chi connectivity index (χ4v) is 1.98. The second kappa shape index (κ2) is 3.94. The highest BCUT2D eigenvalue weighted by molar-refractivity contribution is 5.05. The molecule has 1 aliphatic rings. The summed E-state index contributed by atoms with van der Waals surface area (Å²) in [6.45, 7) is 2.96.